The third kappa shape index (κ3) is 7.18. The van der Waals surface area contributed by atoms with Crippen molar-refractivity contribution in [3.8, 4) is 5.75 Å². The molecule has 176 valence electrons. The lowest BCUT2D eigenvalue weighted by Gasteiger charge is -2.17. The molecule has 1 fully saturated rings. The Morgan fingerprint density at radius 3 is 2.39 bits per heavy atom. The number of benzene rings is 2. The predicted octanol–water partition coefficient (Wildman–Crippen LogP) is 5.37. The molecule has 7 nitrogen and oxygen atoms in total. The number of nitrogens with one attached hydrogen (secondary N) is 2. The molecule has 0 unspecified atom stereocenters. The Kier molecular flexibility index (Phi) is 9.06. The maximum atomic E-state index is 12.6. The number of para-hydroxylation sites is 1. The van der Waals surface area contributed by atoms with Gasteiger partial charge in [-0.3, -0.25) is 4.79 Å². The van der Waals surface area contributed by atoms with Crippen LogP contribution in [0.1, 0.15) is 55.2 Å². The number of carbonyl (C=O) groups excluding carboxylic acids is 1. The zero-order chi connectivity index (χ0) is 23.6. The van der Waals surface area contributed by atoms with E-state index in [0.29, 0.717) is 24.3 Å². The summed E-state index contributed by atoms with van der Waals surface area (Å²) in [5.74, 6) is 1.41. The summed E-state index contributed by atoms with van der Waals surface area (Å²) in [6.07, 6.45) is 2.03. The Morgan fingerprint density at radius 2 is 1.70 bits per heavy atom. The SMILES string of the molecule is CC(C)C.O=C(c1cccc(NCc2nsnc2NCc2ccccc2)c1O)N1CCCC1. The van der Waals surface area contributed by atoms with Crippen LogP contribution >= 0.6 is 11.7 Å². The summed E-state index contributed by atoms with van der Waals surface area (Å²) in [7, 11) is 0. The Bertz CT molecular complexity index is 1010. The molecular formula is C25H33N5O2S. The van der Waals surface area contributed by atoms with Gasteiger partial charge in [0.2, 0.25) is 0 Å². The molecule has 2 aromatic carbocycles. The predicted molar refractivity (Wildman–Crippen MR) is 135 cm³/mol. The average Bonchev–Trinajstić information content (AvgIpc) is 3.49. The van der Waals surface area contributed by atoms with Gasteiger partial charge in [-0.2, -0.15) is 8.75 Å². The van der Waals surface area contributed by atoms with Crippen LogP contribution in [0.25, 0.3) is 0 Å². The molecule has 1 amide bonds. The minimum absolute atomic E-state index is 0.0219. The first kappa shape index (κ1) is 24.5. The Balaban J connectivity index is 0.000000709. The smallest absolute Gasteiger partial charge is 0.257 e. The van der Waals surface area contributed by atoms with Gasteiger partial charge in [0.25, 0.3) is 5.91 Å². The fraction of sp³-hybridized carbons (Fsp3) is 0.400. The summed E-state index contributed by atoms with van der Waals surface area (Å²) in [6.45, 7) is 9.04. The van der Waals surface area contributed by atoms with Crippen LogP contribution in [0, 0.1) is 5.92 Å². The second-order valence-corrected chi connectivity index (χ2v) is 9.21. The van der Waals surface area contributed by atoms with Crippen LogP contribution in [0.4, 0.5) is 11.5 Å². The number of phenolic OH excluding ortho intramolecular Hbond substituents is 1. The van der Waals surface area contributed by atoms with Gasteiger partial charge in [0.15, 0.2) is 11.6 Å². The Hall–Kier alpha value is -3.13. The second-order valence-electron chi connectivity index (χ2n) is 8.69. The van der Waals surface area contributed by atoms with E-state index in [0.717, 1.165) is 60.7 Å². The van der Waals surface area contributed by atoms with E-state index in [9.17, 15) is 9.90 Å². The lowest BCUT2D eigenvalue weighted by Crippen LogP contribution is -2.27. The van der Waals surface area contributed by atoms with Gasteiger partial charge in [0.1, 0.15) is 5.69 Å². The highest BCUT2D eigenvalue weighted by atomic mass is 32.1. The van der Waals surface area contributed by atoms with Crippen molar-refractivity contribution in [2.24, 2.45) is 5.92 Å². The van der Waals surface area contributed by atoms with Crippen molar-refractivity contribution in [1.82, 2.24) is 13.6 Å². The molecule has 0 radical (unpaired) electrons. The Morgan fingerprint density at radius 1 is 1.00 bits per heavy atom. The maximum absolute atomic E-state index is 12.6. The summed E-state index contributed by atoms with van der Waals surface area (Å²) >= 11 is 1.14. The maximum Gasteiger partial charge on any atom is 0.257 e. The number of aromatic nitrogens is 2. The van der Waals surface area contributed by atoms with Crippen LogP contribution in [0.3, 0.4) is 0 Å². The second kappa shape index (κ2) is 12.2. The van der Waals surface area contributed by atoms with Crippen LogP contribution in [-0.4, -0.2) is 37.8 Å². The standard InChI is InChI=1S/C21H23N5O2S.C4H10/c27-19-16(21(28)26-11-4-5-12-26)9-6-10-17(19)22-14-18-20(25-29-24-18)23-13-15-7-2-1-3-8-15;1-4(2)3/h1-3,6-10,22,27H,4-5,11-14H2,(H,23,25);4H,1-3H3. The quantitative estimate of drug-likeness (QED) is 0.405. The van der Waals surface area contributed by atoms with Crippen LogP contribution in [0.5, 0.6) is 5.75 Å². The summed E-state index contributed by atoms with van der Waals surface area (Å²) in [4.78, 5) is 14.4. The summed E-state index contributed by atoms with van der Waals surface area (Å²) in [6, 6.07) is 15.3. The molecule has 2 heterocycles. The molecule has 1 saturated heterocycles. The van der Waals surface area contributed by atoms with Gasteiger partial charge in [0.05, 0.1) is 29.5 Å². The van der Waals surface area contributed by atoms with Crippen molar-refractivity contribution >= 4 is 29.1 Å². The molecule has 3 N–H and O–H groups in total. The summed E-state index contributed by atoms with van der Waals surface area (Å²) in [5, 5.41) is 17.1. The van der Waals surface area contributed by atoms with Crippen LogP contribution in [0.15, 0.2) is 48.5 Å². The minimum Gasteiger partial charge on any atom is -0.505 e. The molecule has 1 aliphatic rings. The van der Waals surface area contributed by atoms with Gasteiger partial charge in [-0.1, -0.05) is 57.2 Å². The molecule has 0 saturated carbocycles. The van der Waals surface area contributed by atoms with Gasteiger partial charge < -0.3 is 20.6 Å². The average molecular weight is 468 g/mol. The van der Waals surface area contributed by atoms with E-state index >= 15 is 0 Å². The van der Waals surface area contributed by atoms with E-state index in [1.807, 2.05) is 30.3 Å². The molecular weight excluding hydrogens is 434 g/mol. The number of nitrogens with zero attached hydrogens (tertiary/aromatic N) is 3. The fourth-order valence-electron chi connectivity index (χ4n) is 3.37. The first-order chi connectivity index (χ1) is 16.0. The monoisotopic (exact) mass is 467 g/mol. The number of carbonyl (C=O) groups is 1. The number of hydrogen-bond donors (Lipinski definition) is 3. The third-order valence-corrected chi connectivity index (χ3v) is 5.53. The van der Waals surface area contributed by atoms with Crippen LogP contribution in [-0.2, 0) is 13.1 Å². The number of likely N-dealkylation sites (tertiary alicyclic amines) is 1. The third-order valence-electron chi connectivity index (χ3n) is 4.97. The molecule has 8 heteroatoms. The summed E-state index contributed by atoms with van der Waals surface area (Å²) in [5.41, 5.74) is 2.76. The van der Waals surface area contributed by atoms with Crippen molar-refractivity contribution < 1.29 is 9.90 Å². The number of aromatic hydroxyl groups is 1. The number of phenols is 1. The lowest BCUT2D eigenvalue weighted by atomic mass is 10.1. The molecule has 33 heavy (non-hydrogen) atoms. The van der Waals surface area contributed by atoms with E-state index in [2.05, 4.69) is 40.2 Å². The van der Waals surface area contributed by atoms with Crippen molar-refractivity contribution in [3.05, 3.63) is 65.4 Å². The Labute approximate surface area is 200 Å². The van der Waals surface area contributed by atoms with Gasteiger partial charge in [-0.25, -0.2) is 0 Å². The van der Waals surface area contributed by atoms with E-state index in [1.54, 1.807) is 23.1 Å². The highest BCUT2D eigenvalue weighted by molar-refractivity contribution is 6.99. The van der Waals surface area contributed by atoms with Gasteiger partial charge in [0, 0.05) is 19.6 Å². The lowest BCUT2D eigenvalue weighted by molar-refractivity contribution is 0.0790. The first-order valence-corrected chi connectivity index (χ1v) is 12.1. The van der Waals surface area contributed by atoms with Crippen molar-refractivity contribution in [3.63, 3.8) is 0 Å². The topological polar surface area (TPSA) is 90.4 Å². The molecule has 1 aliphatic heterocycles. The van der Waals surface area contributed by atoms with Gasteiger partial charge in [-0.05, 0) is 36.5 Å². The molecule has 1 aromatic heterocycles. The first-order valence-electron chi connectivity index (χ1n) is 11.4. The van der Waals surface area contributed by atoms with Crippen molar-refractivity contribution in [1.29, 1.82) is 0 Å². The highest BCUT2D eigenvalue weighted by Crippen LogP contribution is 2.30. The van der Waals surface area contributed by atoms with Crippen LogP contribution in [0.2, 0.25) is 0 Å². The highest BCUT2D eigenvalue weighted by Gasteiger charge is 2.23. The van der Waals surface area contributed by atoms with Crippen molar-refractivity contribution in [2.45, 2.75) is 46.7 Å². The van der Waals surface area contributed by atoms with Crippen molar-refractivity contribution in [2.75, 3.05) is 23.7 Å². The van der Waals surface area contributed by atoms with E-state index in [1.165, 1.54) is 0 Å². The van der Waals surface area contributed by atoms with Gasteiger partial charge >= 0.3 is 0 Å². The molecule has 0 atom stereocenters. The molecule has 4 rings (SSSR count). The number of rotatable bonds is 7. The van der Waals surface area contributed by atoms with E-state index < -0.39 is 0 Å². The largest absolute Gasteiger partial charge is 0.505 e. The summed E-state index contributed by atoms with van der Waals surface area (Å²) < 4.78 is 8.66. The van der Waals surface area contributed by atoms with Gasteiger partial charge in [-0.15, -0.1) is 0 Å². The fourth-order valence-corrected chi connectivity index (χ4v) is 3.91. The molecule has 0 aliphatic carbocycles. The number of anilines is 2. The molecule has 0 bridgehead atoms. The zero-order valence-corrected chi connectivity index (χ0v) is 20.4. The molecule has 3 aromatic rings. The van der Waals surface area contributed by atoms with Crippen LogP contribution < -0.4 is 10.6 Å². The number of hydrogen-bond acceptors (Lipinski definition) is 7. The molecule has 0 spiro atoms. The minimum atomic E-state index is -0.121. The van der Waals surface area contributed by atoms with E-state index in [4.69, 9.17) is 0 Å². The normalized spacial score (nSPS) is 12.9. The zero-order valence-electron chi connectivity index (χ0n) is 19.5. The van der Waals surface area contributed by atoms with E-state index in [-0.39, 0.29) is 11.7 Å². The number of amides is 1.